The maximum absolute atomic E-state index is 13.0. The molecule has 36 heavy (non-hydrogen) atoms. The molecular weight excluding hydrogens is 465 g/mol. The van der Waals surface area contributed by atoms with Gasteiger partial charge in [-0.3, -0.25) is 9.59 Å². The van der Waals surface area contributed by atoms with Crippen molar-refractivity contribution in [2.45, 2.75) is 31.3 Å². The summed E-state index contributed by atoms with van der Waals surface area (Å²) < 4.78 is 18.8. The molecule has 0 aromatic heterocycles. The van der Waals surface area contributed by atoms with Crippen LogP contribution in [0.5, 0.6) is 5.75 Å². The lowest BCUT2D eigenvalue weighted by molar-refractivity contribution is -0.153. The van der Waals surface area contributed by atoms with E-state index in [1.165, 1.54) is 17.1 Å². The van der Waals surface area contributed by atoms with E-state index in [9.17, 15) is 24.2 Å². The molecule has 1 saturated heterocycles. The van der Waals surface area contributed by atoms with Gasteiger partial charge in [0.2, 0.25) is 0 Å². The Hall–Kier alpha value is -3.69. The second kappa shape index (κ2) is 11.8. The predicted molar refractivity (Wildman–Crippen MR) is 133 cm³/mol. The number of anilines is 1. The molecule has 1 heterocycles. The number of rotatable bonds is 8. The smallest absolute Gasteiger partial charge is 0.254 e. The number of aliphatic hydroxyl groups is 2. The van der Waals surface area contributed by atoms with Gasteiger partial charge in [-0.05, 0) is 48.1 Å². The average molecular weight is 496 g/mol. The van der Waals surface area contributed by atoms with E-state index in [2.05, 4.69) is 10.2 Å². The number of carbonyl (C=O) groups is 2. The molecule has 1 aliphatic heterocycles. The van der Waals surface area contributed by atoms with Crippen molar-refractivity contribution in [3.63, 3.8) is 0 Å². The fourth-order valence-electron chi connectivity index (χ4n) is 4.11. The number of hydrogen-bond donors (Lipinski definition) is 3. The van der Waals surface area contributed by atoms with E-state index in [1.54, 1.807) is 30.3 Å². The molecule has 2 aromatic carbocycles. The molecule has 0 saturated carbocycles. The Bertz CT molecular complexity index is 1100. The lowest BCUT2D eigenvalue weighted by Gasteiger charge is -2.37. The van der Waals surface area contributed by atoms with Gasteiger partial charge in [0.15, 0.2) is 12.2 Å². The number of nitrogens with zero attached hydrogens (tertiary/aromatic N) is 2. The van der Waals surface area contributed by atoms with E-state index < -0.39 is 24.0 Å². The van der Waals surface area contributed by atoms with Crippen LogP contribution in [0, 0.1) is 0 Å². The summed E-state index contributed by atoms with van der Waals surface area (Å²) in [5, 5.41) is 23.1. The second-order valence-electron chi connectivity index (χ2n) is 8.74. The Morgan fingerprint density at radius 3 is 2.33 bits per heavy atom. The van der Waals surface area contributed by atoms with Crippen LogP contribution in [0.25, 0.3) is 0 Å². The number of aliphatic hydroxyl groups excluding tert-OH is 2. The number of benzene rings is 2. The molecule has 3 atom stereocenters. The zero-order valence-electron chi connectivity index (χ0n) is 19.8. The minimum absolute atomic E-state index is 0.101. The summed E-state index contributed by atoms with van der Waals surface area (Å²) in [5.41, 5.74) is 1.80. The third-order valence-electron chi connectivity index (χ3n) is 6.23. The molecule has 2 amide bonds. The molecular formula is C27H30FN3O5. The van der Waals surface area contributed by atoms with Gasteiger partial charge in [-0.15, -0.1) is 0 Å². The summed E-state index contributed by atoms with van der Waals surface area (Å²) in [7, 11) is 0. The van der Waals surface area contributed by atoms with Crippen molar-refractivity contribution in [1.29, 1.82) is 0 Å². The lowest BCUT2D eigenvalue weighted by Crippen LogP contribution is -2.55. The van der Waals surface area contributed by atoms with Gasteiger partial charge < -0.3 is 30.1 Å². The molecule has 3 N–H and O–H groups in total. The van der Waals surface area contributed by atoms with Crippen LogP contribution in [0.3, 0.4) is 0 Å². The highest BCUT2D eigenvalue weighted by Gasteiger charge is 2.34. The maximum atomic E-state index is 13.0. The molecule has 8 nitrogen and oxygen atoms in total. The van der Waals surface area contributed by atoms with Crippen molar-refractivity contribution in [2.24, 2.45) is 0 Å². The molecule has 1 unspecified atom stereocenters. The number of halogens is 1. The van der Waals surface area contributed by atoms with E-state index in [-0.39, 0.29) is 18.5 Å². The van der Waals surface area contributed by atoms with Gasteiger partial charge in [-0.2, -0.15) is 0 Å². The highest BCUT2D eigenvalue weighted by atomic mass is 19.1. The normalized spacial score (nSPS) is 19.3. The third-order valence-corrected chi connectivity index (χ3v) is 6.23. The third kappa shape index (κ3) is 6.50. The topological polar surface area (TPSA) is 102 Å². The first kappa shape index (κ1) is 25.4. The summed E-state index contributed by atoms with van der Waals surface area (Å²) in [6.07, 6.45) is 0.968. The zero-order valence-corrected chi connectivity index (χ0v) is 19.8. The van der Waals surface area contributed by atoms with Crippen molar-refractivity contribution >= 4 is 17.5 Å². The van der Waals surface area contributed by atoms with Gasteiger partial charge in [0.25, 0.3) is 11.8 Å². The van der Waals surface area contributed by atoms with E-state index in [0.717, 1.165) is 11.3 Å². The van der Waals surface area contributed by atoms with Crippen LogP contribution in [0.2, 0.25) is 0 Å². The van der Waals surface area contributed by atoms with Crippen LogP contribution in [-0.2, 0) is 16.1 Å². The Labute approximate surface area is 209 Å². The van der Waals surface area contributed by atoms with Crippen molar-refractivity contribution in [3.8, 4) is 5.75 Å². The summed E-state index contributed by atoms with van der Waals surface area (Å²) >= 11 is 0. The number of carbonyl (C=O) groups excluding carboxylic acids is 2. The standard InChI is InChI=1S/C27H30FN3O5/c28-20-8-12-23(13-9-20)36-22-10-6-19(7-11-22)18-29-26(34)24(32)25(33)27(35)31-16-14-30(15-17-31)21-4-2-1-3-5-21/h1-12,23-25,32-33H,13-18H2,(H,29,34)/t23?,24-,25-/m1/s1. The number of nitrogens with one attached hydrogen (secondary N) is 1. The van der Waals surface area contributed by atoms with Gasteiger partial charge in [0.05, 0.1) is 0 Å². The maximum Gasteiger partial charge on any atom is 0.254 e. The van der Waals surface area contributed by atoms with Crippen molar-refractivity contribution in [1.82, 2.24) is 10.2 Å². The van der Waals surface area contributed by atoms with E-state index in [0.29, 0.717) is 38.3 Å². The fraction of sp³-hybridized carbons (Fsp3) is 0.333. The van der Waals surface area contributed by atoms with Gasteiger partial charge >= 0.3 is 0 Å². The molecule has 0 radical (unpaired) electrons. The molecule has 1 aliphatic carbocycles. The van der Waals surface area contributed by atoms with E-state index >= 15 is 0 Å². The predicted octanol–water partition coefficient (Wildman–Crippen LogP) is 1.93. The SMILES string of the molecule is O=C(NCc1ccc(OC2C=CC(F)=CC2)cc1)[C@H](O)[C@@H](O)C(=O)N1CCN(c2ccccc2)CC1. The number of hydrogen-bond acceptors (Lipinski definition) is 6. The quantitative estimate of drug-likeness (QED) is 0.517. The zero-order chi connectivity index (χ0) is 25.5. The summed E-state index contributed by atoms with van der Waals surface area (Å²) in [6, 6.07) is 16.8. The number of piperazine rings is 1. The molecule has 1 fully saturated rings. The first-order valence-electron chi connectivity index (χ1n) is 11.9. The molecule has 9 heteroatoms. The van der Waals surface area contributed by atoms with Crippen LogP contribution in [0.4, 0.5) is 10.1 Å². The highest BCUT2D eigenvalue weighted by molar-refractivity contribution is 5.90. The Morgan fingerprint density at radius 2 is 1.69 bits per heavy atom. The number of allylic oxidation sites excluding steroid dienone is 2. The monoisotopic (exact) mass is 495 g/mol. The van der Waals surface area contributed by atoms with Crippen molar-refractivity contribution < 1.29 is 28.9 Å². The van der Waals surface area contributed by atoms with Crippen LogP contribution in [0.1, 0.15) is 12.0 Å². The van der Waals surface area contributed by atoms with Crippen LogP contribution in [-0.4, -0.2) is 71.4 Å². The van der Waals surface area contributed by atoms with Gasteiger partial charge in [-0.25, -0.2) is 4.39 Å². The molecule has 0 spiro atoms. The Balaban J connectivity index is 1.21. The summed E-state index contributed by atoms with van der Waals surface area (Å²) in [6.45, 7) is 2.05. The summed E-state index contributed by atoms with van der Waals surface area (Å²) in [5.74, 6) is -1.18. The Kier molecular flexibility index (Phi) is 8.35. The summed E-state index contributed by atoms with van der Waals surface area (Å²) in [4.78, 5) is 28.6. The van der Waals surface area contributed by atoms with Crippen LogP contribution in [0.15, 0.2) is 78.7 Å². The van der Waals surface area contributed by atoms with Crippen molar-refractivity contribution in [3.05, 3.63) is 84.2 Å². The largest absolute Gasteiger partial charge is 0.486 e. The molecule has 4 rings (SSSR count). The second-order valence-corrected chi connectivity index (χ2v) is 8.74. The molecule has 190 valence electrons. The highest BCUT2D eigenvalue weighted by Crippen LogP contribution is 2.20. The molecule has 2 aromatic rings. The van der Waals surface area contributed by atoms with Crippen molar-refractivity contribution in [2.75, 3.05) is 31.1 Å². The first-order valence-corrected chi connectivity index (χ1v) is 11.9. The van der Waals surface area contributed by atoms with Crippen LogP contribution < -0.4 is 15.0 Å². The van der Waals surface area contributed by atoms with E-state index in [1.807, 2.05) is 30.3 Å². The van der Waals surface area contributed by atoms with Gasteiger partial charge in [0, 0.05) is 44.8 Å². The number of ether oxygens (including phenoxy) is 1. The van der Waals surface area contributed by atoms with Crippen LogP contribution >= 0.6 is 0 Å². The molecule has 2 aliphatic rings. The number of amides is 2. The minimum Gasteiger partial charge on any atom is -0.486 e. The number of para-hydroxylation sites is 1. The van der Waals surface area contributed by atoms with E-state index in [4.69, 9.17) is 4.74 Å². The fourth-order valence-corrected chi connectivity index (χ4v) is 4.11. The minimum atomic E-state index is -1.88. The molecule has 0 bridgehead atoms. The Morgan fingerprint density at radius 1 is 1.00 bits per heavy atom. The first-order chi connectivity index (χ1) is 17.4. The average Bonchev–Trinajstić information content (AvgIpc) is 2.93. The van der Waals surface area contributed by atoms with Gasteiger partial charge in [-0.1, -0.05) is 30.3 Å². The van der Waals surface area contributed by atoms with Gasteiger partial charge in [0.1, 0.15) is 17.7 Å². The lowest BCUT2D eigenvalue weighted by atomic mass is 10.1.